The number of anilines is 1. The van der Waals surface area contributed by atoms with E-state index >= 15 is 0 Å². The molecule has 6 heteroatoms. The van der Waals surface area contributed by atoms with Crippen molar-refractivity contribution in [2.45, 2.75) is 0 Å². The summed E-state index contributed by atoms with van der Waals surface area (Å²) in [5.74, 6) is -0.739. The van der Waals surface area contributed by atoms with E-state index in [1.807, 2.05) is 0 Å². The van der Waals surface area contributed by atoms with E-state index in [9.17, 15) is 9.18 Å². The van der Waals surface area contributed by atoms with E-state index < -0.39 is 0 Å². The van der Waals surface area contributed by atoms with Gasteiger partial charge in [-0.2, -0.15) is 0 Å². The molecule has 0 atom stereocenters. The van der Waals surface area contributed by atoms with E-state index in [-0.39, 0.29) is 11.7 Å². The predicted octanol–water partition coefficient (Wildman–Crippen LogP) is 5.26. The topological polar surface area (TPSA) is 29.1 Å². The Balaban J connectivity index is 2.25. The Kier molecular flexibility index (Phi) is 4.60. The summed E-state index contributed by atoms with van der Waals surface area (Å²) in [6.45, 7) is 0. The van der Waals surface area contributed by atoms with Crippen LogP contribution < -0.4 is 5.32 Å². The normalized spacial score (nSPS) is 10.3. The molecule has 0 heterocycles. The van der Waals surface area contributed by atoms with Crippen LogP contribution in [0.3, 0.4) is 0 Å². The van der Waals surface area contributed by atoms with Gasteiger partial charge in [0.1, 0.15) is 5.82 Å². The molecule has 0 radical (unpaired) electrons. The standard InChI is InChI=1S/C13H7Br2ClFNO/c14-7-1-3-9(11(16)5-7)13(19)18-12-4-2-8(17)6-10(12)15/h1-6H,(H,18,19). The third-order valence-corrected chi connectivity index (χ3v) is 3.82. The molecule has 0 fully saturated rings. The highest BCUT2D eigenvalue weighted by Crippen LogP contribution is 2.26. The molecule has 0 aliphatic heterocycles. The lowest BCUT2D eigenvalue weighted by Crippen LogP contribution is -2.12. The number of hydrogen-bond acceptors (Lipinski definition) is 1. The maximum absolute atomic E-state index is 12.9. The number of halogens is 4. The Morgan fingerprint density at radius 1 is 1.16 bits per heavy atom. The summed E-state index contributed by atoms with van der Waals surface area (Å²) >= 11 is 12.4. The monoisotopic (exact) mass is 405 g/mol. The van der Waals surface area contributed by atoms with Crippen LogP contribution in [-0.2, 0) is 0 Å². The summed E-state index contributed by atoms with van der Waals surface area (Å²) in [6, 6.07) is 8.99. The Labute approximate surface area is 131 Å². The van der Waals surface area contributed by atoms with Crippen LogP contribution in [0.15, 0.2) is 45.3 Å². The number of hydrogen-bond donors (Lipinski definition) is 1. The molecule has 0 spiro atoms. The molecule has 0 aromatic heterocycles. The van der Waals surface area contributed by atoms with Crippen molar-refractivity contribution in [2.75, 3.05) is 5.32 Å². The zero-order chi connectivity index (χ0) is 14.0. The highest BCUT2D eigenvalue weighted by Gasteiger charge is 2.12. The van der Waals surface area contributed by atoms with E-state index in [0.717, 1.165) is 4.47 Å². The van der Waals surface area contributed by atoms with Gasteiger partial charge in [-0.25, -0.2) is 4.39 Å². The summed E-state index contributed by atoms with van der Waals surface area (Å²) in [7, 11) is 0. The molecular formula is C13H7Br2ClFNO. The van der Waals surface area contributed by atoms with Gasteiger partial charge < -0.3 is 5.32 Å². The first-order chi connectivity index (χ1) is 8.97. The Bertz CT molecular complexity index is 649. The van der Waals surface area contributed by atoms with Crippen LogP contribution in [0.25, 0.3) is 0 Å². The minimum atomic E-state index is -0.383. The van der Waals surface area contributed by atoms with E-state index in [1.165, 1.54) is 18.2 Å². The molecule has 0 aliphatic carbocycles. The van der Waals surface area contributed by atoms with Gasteiger partial charge in [-0.05, 0) is 52.3 Å². The Hall–Kier alpha value is -0.910. The van der Waals surface area contributed by atoms with Gasteiger partial charge in [0.05, 0.1) is 16.3 Å². The quantitative estimate of drug-likeness (QED) is 0.723. The van der Waals surface area contributed by atoms with Gasteiger partial charge in [-0.1, -0.05) is 27.5 Å². The van der Waals surface area contributed by atoms with E-state index in [0.29, 0.717) is 20.7 Å². The Morgan fingerprint density at radius 2 is 1.89 bits per heavy atom. The van der Waals surface area contributed by atoms with Crippen LogP contribution in [0, 0.1) is 5.82 Å². The van der Waals surface area contributed by atoms with E-state index in [1.54, 1.807) is 18.2 Å². The summed E-state index contributed by atoms with van der Waals surface area (Å²) in [5.41, 5.74) is 0.825. The number of carbonyl (C=O) groups excluding carboxylic acids is 1. The van der Waals surface area contributed by atoms with Crippen molar-refractivity contribution >= 4 is 55.1 Å². The second-order valence-electron chi connectivity index (χ2n) is 3.70. The first-order valence-corrected chi connectivity index (χ1v) is 7.15. The number of rotatable bonds is 2. The summed E-state index contributed by atoms with van der Waals surface area (Å²) < 4.78 is 14.2. The molecule has 0 saturated carbocycles. The maximum Gasteiger partial charge on any atom is 0.257 e. The summed E-state index contributed by atoms with van der Waals surface area (Å²) in [5, 5.41) is 3.00. The molecule has 1 N–H and O–H groups in total. The fourth-order valence-corrected chi connectivity index (χ4v) is 2.66. The first-order valence-electron chi connectivity index (χ1n) is 5.19. The number of benzene rings is 2. The fraction of sp³-hybridized carbons (Fsp3) is 0. The van der Waals surface area contributed by atoms with Gasteiger partial charge in [0.2, 0.25) is 0 Å². The molecule has 2 aromatic rings. The van der Waals surface area contributed by atoms with Crippen LogP contribution in [0.1, 0.15) is 10.4 Å². The van der Waals surface area contributed by atoms with Crippen LogP contribution in [-0.4, -0.2) is 5.91 Å². The van der Waals surface area contributed by atoms with Crippen molar-refractivity contribution in [2.24, 2.45) is 0 Å². The summed E-state index contributed by atoms with van der Waals surface area (Å²) in [4.78, 5) is 12.1. The van der Waals surface area contributed by atoms with Gasteiger partial charge in [-0.15, -0.1) is 0 Å². The zero-order valence-corrected chi connectivity index (χ0v) is 13.3. The maximum atomic E-state index is 12.9. The van der Waals surface area contributed by atoms with E-state index in [4.69, 9.17) is 11.6 Å². The summed E-state index contributed by atoms with van der Waals surface area (Å²) in [6.07, 6.45) is 0. The molecular weight excluding hydrogens is 400 g/mol. The minimum absolute atomic E-state index is 0.338. The molecule has 0 bridgehead atoms. The molecule has 2 rings (SSSR count). The second kappa shape index (κ2) is 6.03. The van der Waals surface area contributed by atoms with Gasteiger partial charge in [0.25, 0.3) is 5.91 Å². The van der Waals surface area contributed by atoms with Crippen molar-refractivity contribution in [3.8, 4) is 0 Å². The molecule has 1 amide bonds. The SMILES string of the molecule is O=C(Nc1ccc(F)cc1Br)c1ccc(Br)cc1Cl. The van der Waals surface area contributed by atoms with Gasteiger partial charge in [0, 0.05) is 8.95 Å². The lowest BCUT2D eigenvalue weighted by Gasteiger charge is -2.08. The third kappa shape index (κ3) is 3.55. The molecule has 0 aliphatic rings. The third-order valence-electron chi connectivity index (χ3n) is 2.36. The van der Waals surface area contributed by atoms with Crippen LogP contribution >= 0.6 is 43.5 Å². The van der Waals surface area contributed by atoms with Crippen LogP contribution in [0.2, 0.25) is 5.02 Å². The van der Waals surface area contributed by atoms with Gasteiger partial charge in [-0.3, -0.25) is 4.79 Å². The average molecular weight is 407 g/mol. The van der Waals surface area contributed by atoms with Gasteiger partial charge in [0.15, 0.2) is 0 Å². The molecule has 2 aromatic carbocycles. The van der Waals surface area contributed by atoms with Crippen LogP contribution in [0.4, 0.5) is 10.1 Å². The lowest BCUT2D eigenvalue weighted by atomic mass is 10.2. The second-order valence-corrected chi connectivity index (χ2v) is 5.88. The largest absolute Gasteiger partial charge is 0.321 e. The molecule has 19 heavy (non-hydrogen) atoms. The Morgan fingerprint density at radius 3 is 2.53 bits per heavy atom. The molecule has 0 saturated heterocycles. The van der Waals surface area contributed by atoms with Crippen molar-refractivity contribution < 1.29 is 9.18 Å². The minimum Gasteiger partial charge on any atom is -0.321 e. The highest BCUT2D eigenvalue weighted by atomic mass is 79.9. The molecule has 0 unspecified atom stereocenters. The number of carbonyl (C=O) groups is 1. The molecule has 2 nitrogen and oxygen atoms in total. The molecule has 98 valence electrons. The predicted molar refractivity (Wildman–Crippen MR) is 81.2 cm³/mol. The number of amides is 1. The smallest absolute Gasteiger partial charge is 0.257 e. The van der Waals surface area contributed by atoms with Crippen molar-refractivity contribution in [3.63, 3.8) is 0 Å². The average Bonchev–Trinajstić information content (AvgIpc) is 2.32. The van der Waals surface area contributed by atoms with Crippen molar-refractivity contribution in [3.05, 3.63) is 61.7 Å². The fourth-order valence-electron chi connectivity index (χ4n) is 1.45. The van der Waals surface area contributed by atoms with Crippen molar-refractivity contribution in [1.82, 2.24) is 0 Å². The van der Waals surface area contributed by atoms with Gasteiger partial charge >= 0.3 is 0 Å². The number of nitrogens with one attached hydrogen (secondary N) is 1. The van der Waals surface area contributed by atoms with Crippen LogP contribution in [0.5, 0.6) is 0 Å². The van der Waals surface area contributed by atoms with Crippen molar-refractivity contribution in [1.29, 1.82) is 0 Å². The lowest BCUT2D eigenvalue weighted by molar-refractivity contribution is 0.102. The first kappa shape index (κ1) is 14.5. The highest BCUT2D eigenvalue weighted by molar-refractivity contribution is 9.10. The zero-order valence-electron chi connectivity index (χ0n) is 9.38. The van der Waals surface area contributed by atoms with E-state index in [2.05, 4.69) is 37.2 Å².